The Morgan fingerprint density at radius 3 is 2.64 bits per heavy atom. The fourth-order valence-electron chi connectivity index (χ4n) is 1.06. The van der Waals surface area contributed by atoms with Gasteiger partial charge in [0.15, 0.2) is 11.5 Å². The van der Waals surface area contributed by atoms with Crippen molar-refractivity contribution in [1.82, 2.24) is 0 Å². The molecule has 0 aliphatic carbocycles. The standard InChI is InChI=1S/C11H14O3/c1-8(12)3-4-9-5-6-11(14-2)10(13)7-9/h3-8,12-13H,1-2H3/b4-3+. The lowest BCUT2D eigenvalue weighted by Crippen LogP contribution is -1.91. The van der Waals surface area contributed by atoms with Gasteiger partial charge in [0.25, 0.3) is 0 Å². The highest BCUT2D eigenvalue weighted by molar-refractivity contribution is 5.55. The Kier molecular flexibility index (Phi) is 3.54. The summed E-state index contributed by atoms with van der Waals surface area (Å²) < 4.78 is 4.90. The van der Waals surface area contributed by atoms with Gasteiger partial charge < -0.3 is 14.9 Å². The first-order valence-electron chi connectivity index (χ1n) is 4.36. The number of aliphatic hydroxyl groups excluding tert-OH is 1. The van der Waals surface area contributed by atoms with Gasteiger partial charge in [0.1, 0.15) is 0 Å². The molecule has 3 nitrogen and oxygen atoms in total. The zero-order valence-corrected chi connectivity index (χ0v) is 8.27. The number of phenols is 1. The van der Waals surface area contributed by atoms with Crippen molar-refractivity contribution >= 4 is 6.08 Å². The third kappa shape index (κ3) is 2.78. The van der Waals surface area contributed by atoms with Crippen LogP contribution in [-0.2, 0) is 0 Å². The average Bonchev–Trinajstić information content (AvgIpc) is 2.15. The fraction of sp³-hybridized carbons (Fsp3) is 0.273. The van der Waals surface area contributed by atoms with Crippen LogP contribution in [0.1, 0.15) is 12.5 Å². The monoisotopic (exact) mass is 194 g/mol. The van der Waals surface area contributed by atoms with Crippen LogP contribution in [-0.4, -0.2) is 23.4 Å². The molecule has 0 spiro atoms. The maximum atomic E-state index is 9.44. The van der Waals surface area contributed by atoms with Gasteiger partial charge in [0.2, 0.25) is 0 Å². The van der Waals surface area contributed by atoms with Crippen molar-refractivity contribution in [1.29, 1.82) is 0 Å². The normalized spacial score (nSPS) is 13.1. The van der Waals surface area contributed by atoms with Crippen LogP contribution in [0.4, 0.5) is 0 Å². The van der Waals surface area contributed by atoms with E-state index in [4.69, 9.17) is 9.84 Å². The van der Waals surface area contributed by atoms with Crippen LogP contribution in [0.5, 0.6) is 11.5 Å². The molecule has 1 aromatic carbocycles. The molecule has 3 heteroatoms. The second-order valence-corrected chi connectivity index (χ2v) is 3.03. The van der Waals surface area contributed by atoms with Crippen molar-refractivity contribution in [3.05, 3.63) is 29.8 Å². The van der Waals surface area contributed by atoms with E-state index in [0.29, 0.717) is 5.75 Å². The molecule has 0 aliphatic heterocycles. The maximum Gasteiger partial charge on any atom is 0.160 e. The van der Waals surface area contributed by atoms with Crippen LogP contribution in [0.15, 0.2) is 24.3 Å². The third-order valence-corrected chi connectivity index (χ3v) is 1.77. The average molecular weight is 194 g/mol. The van der Waals surface area contributed by atoms with E-state index in [9.17, 15) is 5.11 Å². The summed E-state index contributed by atoms with van der Waals surface area (Å²) in [7, 11) is 1.50. The van der Waals surface area contributed by atoms with E-state index in [1.165, 1.54) is 7.11 Å². The van der Waals surface area contributed by atoms with E-state index in [2.05, 4.69) is 0 Å². The van der Waals surface area contributed by atoms with Gasteiger partial charge in [-0.15, -0.1) is 0 Å². The highest BCUT2D eigenvalue weighted by Gasteiger charge is 1.99. The van der Waals surface area contributed by atoms with Gasteiger partial charge in [-0.2, -0.15) is 0 Å². The first-order valence-corrected chi connectivity index (χ1v) is 4.36. The maximum absolute atomic E-state index is 9.44. The van der Waals surface area contributed by atoms with Gasteiger partial charge >= 0.3 is 0 Å². The van der Waals surface area contributed by atoms with Gasteiger partial charge in [-0.05, 0) is 24.6 Å². The largest absolute Gasteiger partial charge is 0.504 e. The van der Waals surface area contributed by atoms with Crippen molar-refractivity contribution in [2.75, 3.05) is 7.11 Å². The van der Waals surface area contributed by atoms with Crippen LogP contribution in [0.2, 0.25) is 0 Å². The van der Waals surface area contributed by atoms with Crippen molar-refractivity contribution in [3.8, 4) is 11.5 Å². The van der Waals surface area contributed by atoms with Gasteiger partial charge in [-0.25, -0.2) is 0 Å². The fourth-order valence-corrected chi connectivity index (χ4v) is 1.06. The van der Waals surface area contributed by atoms with Gasteiger partial charge in [0.05, 0.1) is 13.2 Å². The summed E-state index contributed by atoms with van der Waals surface area (Å²) in [6.45, 7) is 1.67. The highest BCUT2D eigenvalue weighted by Crippen LogP contribution is 2.26. The molecular formula is C11H14O3. The molecule has 0 saturated heterocycles. The number of rotatable bonds is 3. The highest BCUT2D eigenvalue weighted by atomic mass is 16.5. The van der Waals surface area contributed by atoms with Crippen LogP contribution >= 0.6 is 0 Å². The molecule has 2 N–H and O–H groups in total. The minimum Gasteiger partial charge on any atom is -0.504 e. The SMILES string of the molecule is COc1ccc(/C=C/C(C)O)cc1O. The molecule has 1 aromatic rings. The van der Waals surface area contributed by atoms with E-state index in [1.54, 1.807) is 37.3 Å². The number of hydrogen-bond acceptors (Lipinski definition) is 3. The summed E-state index contributed by atoms with van der Waals surface area (Å²) in [5.74, 6) is 0.541. The molecule has 0 amide bonds. The van der Waals surface area contributed by atoms with E-state index in [0.717, 1.165) is 5.56 Å². The Morgan fingerprint density at radius 2 is 2.14 bits per heavy atom. The molecule has 1 unspecified atom stereocenters. The summed E-state index contributed by atoms with van der Waals surface area (Å²) in [6, 6.07) is 5.06. The topological polar surface area (TPSA) is 49.7 Å². The van der Waals surface area contributed by atoms with E-state index in [1.807, 2.05) is 0 Å². The summed E-state index contributed by atoms with van der Waals surface area (Å²) in [5, 5.41) is 18.4. The van der Waals surface area contributed by atoms with Gasteiger partial charge in [-0.3, -0.25) is 0 Å². The first-order chi connectivity index (χ1) is 6.63. The number of aromatic hydroxyl groups is 1. The van der Waals surface area contributed by atoms with Gasteiger partial charge in [-0.1, -0.05) is 18.2 Å². The Labute approximate surface area is 83.3 Å². The summed E-state index contributed by atoms with van der Waals surface area (Å²) in [6.07, 6.45) is 2.89. The van der Waals surface area contributed by atoms with E-state index in [-0.39, 0.29) is 5.75 Å². The zero-order valence-electron chi connectivity index (χ0n) is 8.27. The van der Waals surface area contributed by atoms with Crippen molar-refractivity contribution in [2.45, 2.75) is 13.0 Å². The van der Waals surface area contributed by atoms with E-state index >= 15 is 0 Å². The molecular weight excluding hydrogens is 180 g/mol. The van der Waals surface area contributed by atoms with Crippen LogP contribution in [0, 0.1) is 0 Å². The summed E-state index contributed by atoms with van der Waals surface area (Å²) in [4.78, 5) is 0. The van der Waals surface area contributed by atoms with E-state index < -0.39 is 6.10 Å². The molecule has 76 valence electrons. The number of ether oxygens (including phenoxy) is 1. The van der Waals surface area contributed by atoms with Crippen LogP contribution in [0.25, 0.3) is 6.08 Å². The Balaban J connectivity index is 2.86. The molecule has 1 rings (SSSR count). The van der Waals surface area contributed by atoms with Crippen molar-refractivity contribution in [3.63, 3.8) is 0 Å². The molecule has 0 saturated carbocycles. The summed E-state index contributed by atoms with van der Waals surface area (Å²) >= 11 is 0. The van der Waals surface area contributed by atoms with Gasteiger partial charge in [0, 0.05) is 0 Å². The molecule has 14 heavy (non-hydrogen) atoms. The second kappa shape index (κ2) is 4.67. The molecule has 0 fully saturated rings. The molecule has 1 atom stereocenters. The minimum atomic E-state index is -0.487. The van der Waals surface area contributed by atoms with Crippen LogP contribution < -0.4 is 4.74 Å². The predicted molar refractivity (Wildman–Crippen MR) is 55.4 cm³/mol. The number of benzene rings is 1. The number of methoxy groups -OCH3 is 1. The van der Waals surface area contributed by atoms with Crippen molar-refractivity contribution < 1.29 is 14.9 Å². The van der Waals surface area contributed by atoms with Crippen molar-refractivity contribution in [2.24, 2.45) is 0 Å². The number of phenolic OH excluding ortho intramolecular Hbond substituents is 1. The minimum absolute atomic E-state index is 0.0974. The van der Waals surface area contributed by atoms with Crippen LogP contribution in [0.3, 0.4) is 0 Å². The number of aliphatic hydroxyl groups is 1. The zero-order chi connectivity index (χ0) is 10.6. The molecule has 0 aliphatic rings. The molecule has 0 heterocycles. The lowest BCUT2D eigenvalue weighted by atomic mass is 10.1. The Bertz CT molecular complexity index is 329. The Hall–Kier alpha value is -1.48. The number of hydrogen-bond donors (Lipinski definition) is 2. The molecule has 0 bridgehead atoms. The predicted octanol–water partition coefficient (Wildman–Crippen LogP) is 1.79. The lowest BCUT2D eigenvalue weighted by Gasteiger charge is -2.03. The smallest absolute Gasteiger partial charge is 0.160 e. The molecule has 0 aromatic heterocycles. The first kappa shape index (κ1) is 10.6. The quantitative estimate of drug-likeness (QED) is 0.771. The molecule has 0 radical (unpaired) electrons. The Morgan fingerprint density at radius 1 is 1.43 bits per heavy atom. The summed E-state index contributed by atoms with van der Waals surface area (Å²) in [5.41, 5.74) is 0.823. The third-order valence-electron chi connectivity index (χ3n) is 1.77. The lowest BCUT2D eigenvalue weighted by molar-refractivity contribution is 0.245. The second-order valence-electron chi connectivity index (χ2n) is 3.03.